The van der Waals surface area contributed by atoms with Crippen molar-refractivity contribution in [3.05, 3.63) is 23.3 Å². The van der Waals surface area contributed by atoms with Crippen LogP contribution in [0.3, 0.4) is 0 Å². The minimum absolute atomic E-state index is 0.259. The van der Waals surface area contributed by atoms with E-state index in [0.29, 0.717) is 17.1 Å². The molecule has 0 fully saturated rings. The molecule has 0 aromatic heterocycles. The van der Waals surface area contributed by atoms with E-state index in [1.807, 2.05) is 0 Å². The second-order valence-electron chi connectivity index (χ2n) is 4.04. The third-order valence-electron chi connectivity index (χ3n) is 2.78. The summed E-state index contributed by atoms with van der Waals surface area (Å²) in [5.74, 6) is -0.652. The minimum Gasteiger partial charge on any atom is -0.496 e. The Balaban J connectivity index is 3.16. The normalized spacial score (nSPS) is 11.8. The van der Waals surface area contributed by atoms with Gasteiger partial charge in [-0.25, -0.2) is 0 Å². The Morgan fingerprint density at radius 3 is 2.42 bits per heavy atom. The van der Waals surface area contributed by atoms with Crippen LogP contribution in [-0.4, -0.2) is 37.1 Å². The van der Waals surface area contributed by atoms with E-state index in [9.17, 15) is 9.59 Å². The highest BCUT2D eigenvalue weighted by atomic mass is 16.5. The molecule has 0 aliphatic heterocycles. The van der Waals surface area contributed by atoms with E-state index in [2.05, 4.69) is 0 Å². The number of nitrogens with two attached hydrogens (primary N) is 1. The number of ketones is 1. The molecule has 3 N–H and O–H groups in total. The van der Waals surface area contributed by atoms with Crippen molar-refractivity contribution in [3.8, 4) is 11.5 Å². The molecule has 1 rings (SSSR count). The van der Waals surface area contributed by atoms with Crippen LogP contribution in [0.25, 0.3) is 0 Å². The van der Waals surface area contributed by atoms with Gasteiger partial charge in [0.25, 0.3) is 0 Å². The summed E-state index contributed by atoms with van der Waals surface area (Å²) in [7, 11) is 2.95. The third kappa shape index (κ3) is 3.23. The van der Waals surface area contributed by atoms with Gasteiger partial charge in [-0.2, -0.15) is 0 Å². The van der Waals surface area contributed by atoms with E-state index >= 15 is 0 Å². The van der Waals surface area contributed by atoms with Gasteiger partial charge in [0, 0.05) is 5.56 Å². The predicted molar refractivity (Wildman–Crippen MR) is 68.8 cm³/mol. The molecule has 6 heteroatoms. The zero-order valence-electron chi connectivity index (χ0n) is 11.1. The zero-order chi connectivity index (χ0) is 14.6. The van der Waals surface area contributed by atoms with Crippen molar-refractivity contribution < 1.29 is 24.2 Å². The molecule has 0 aliphatic carbocycles. The van der Waals surface area contributed by atoms with E-state index < -0.39 is 24.2 Å². The number of carboxylic acids is 1. The minimum atomic E-state index is -1.12. The van der Waals surface area contributed by atoms with E-state index in [4.69, 9.17) is 20.3 Å². The van der Waals surface area contributed by atoms with E-state index in [0.717, 1.165) is 0 Å². The maximum absolute atomic E-state index is 12.1. The number of ether oxygens (including phenoxy) is 2. The quantitative estimate of drug-likeness (QED) is 0.746. The topological polar surface area (TPSA) is 98.9 Å². The van der Waals surface area contributed by atoms with E-state index in [1.165, 1.54) is 20.3 Å². The first-order valence-corrected chi connectivity index (χ1v) is 5.65. The summed E-state index contributed by atoms with van der Waals surface area (Å²) in [5.41, 5.74) is 6.50. The van der Waals surface area contributed by atoms with Crippen LogP contribution in [0.1, 0.15) is 22.3 Å². The Bertz CT molecular complexity index is 498. The Hall–Kier alpha value is -2.08. The Kier molecular flexibility index (Phi) is 4.88. The van der Waals surface area contributed by atoms with Crippen molar-refractivity contribution >= 4 is 11.8 Å². The molecule has 6 nitrogen and oxygen atoms in total. The van der Waals surface area contributed by atoms with Crippen LogP contribution >= 0.6 is 0 Å². The summed E-state index contributed by atoms with van der Waals surface area (Å²) >= 11 is 0. The second kappa shape index (κ2) is 6.19. The molecule has 0 amide bonds. The molecule has 0 radical (unpaired) electrons. The van der Waals surface area contributed by atoms with Gasteiger partial charge in [0.15, 0.2) is 5.78 Å². The fraction of sp³-hybridized carbons (Fsp3) is 0.385. The molecule has 0 spiro atoms. The molecule has 1 aromatic rings. The fourth-order valence-corrected chi connectivity index (χ4v) is 1.83. The highest BCUT2D eigenvalue weighted by molar-refractivity contribution is 6.04. The maximum Gasteiger partial charge on any atom is 0.305 e. The lowest BCUT2D eigenvalue weighted by atomic mass is 9.99. The van der Waals surface area contributed by atoms with Crippen molar-refractivity contribution in [1.82, 2.24) is 0 Å². The second-order valence-corrected chi connectivity index (χ2v) is 4.04. The van der Waals surface area contributed by atoms with Gasteiger partial charge in [-0.3, -0.25) is 9.59 Å². The number of rotatable bonds is 6. The largest absolute Gasteiger partial charge is 0.496 e. The van der Waals surface area contributed by atoms with Crippen molar-refractivity contribution in [2.75, 3.05) is 14.2 Å². The summed E-state index contributed by atoms with van der Waals surface area (Å²) < 4.78 is 10.3. The monoisotopic (exact) mass is 267 g/mol. The van der Waals surface area contributed by atoms with Crippen molar-refractivity contribution in [2.24, 2.45) is 5.73 Å². The van der Waals surface area contributed by atoms with Crippen LogP contribution < -0.4 is 15.2 Å². The van der Waals surface area contributed by atoms with Gasteiger partial charge >= 0.3 is 5.97 Å². The Morgan fingerprint density at radius 2 is 1.95 bits per heavy atom. The average molecular weight is 267 g/mol. The molecule has 1 unspecified atom stereocenters. The molecule has 0 bridgehead atoms. The van der Waals surface area contributed by atoms with Gasteiger partial charge < -0.3 is 20.3 Å². The van der Waals surface area contributed by atoms with Gasteiger partial charge in [0.05, 0.1) is 32.2 Å². The molecular formula is C13H17NO5. The van der Waals surface area contributed by atoms with Crippen LogP contribution in [0.15, 0.2) is 12.1 Å². The summed E-state index contributed by atoms with van der Waals surface area (Å²) in [5, 5.41) is 8.66. The number of carbonyl (C=O) groups excluding carboxylic acids is 1. The highest BCUT2D eigenvalue weighted by Crippen LogP contribution is 2.31. The van der Waals surface area contributed by atoms with Gasteiger partial charge in [-0.1, -0.05) is 0 Å². The van der Waals surface area contributed by atoms with E-state index in [1.54, 1.807) is 13.0 Å². The van der Waals surface area contributed by atoms with Crippen LogP contribution in [0.5, 0.6) is 11.5 Å². The highest BCUT2D eigenvalue weighted by Gasteiger charge is 2.23. The van der Waals surface area contributed by atoms with Gasteiger partial charge in [0.1, 0.15) is 11.5 Å². The SMILES string of the molecule is COc1ccc(C(=O)C(N)CC(=O)O)c(OC)c1C. The number of hydrogen-bond acceptors (Lipinski definition) is 5. The summed E-state index contributed by atoms with van der Waals surface area (Å²) in [6.07, 6.45) is -0.424. The third-order valence-corrected chi connectivity index (χ3v) is 2.78. The van der Waals surface area contributed by atoms with E-state index in [-0.39, 0.29) is 5.56 Å². The van der Waals surface area contributed by atoms with Crippen LogP contribution in [0, 0.1) is 6.92 Å². The summed E-state index contributed by atoms with van der Waals surface area (Å²) in [6.45, 7) is 1.75. The van der Waals surface area contributed by atoms with Crippen molar-refractivity contribution in [1.29, 1.82) is 0 Å². The molecule has 0 saturated carbocycles. The zero-order valence-corrected chi connectivity index (χ0v) is 11.1. The van der Waals surface area contributed by atoms with Crippen molar-refractivity contribution in [3.63, 3.8) is 0 Å². The van der Waals surface area contributed by atoms with Crippen LogP contribution in [0.2, 0.25) is 0 Å². The first-order chi connectivity index (χ1) is 8.92. The molecule has 0 saturated heterocycles. The summed E-state index contributed by atoms with van der Waals surface area (Å²) in [4.78, 5) is 22.7. The lowest BCUT2D eigenvalue weighted by molar-refractivity contribution is -0.137. The van der Waals surface area contributed by atoms with Crippen LogP contribution in [0.4, 0.5) is 0 Å². The fourth-order valence-electron chi connectivity index (χ4n) is 1.83. The number of benzene rings is 1. The smallest absolute Gasteiger partial charge is 0.305 e. The average Bonchev–Trinajstić information content (AvgIpc) is 2.36. The number of carbonyl (C=O) groups is 2. The van der Waals surface area contributed by atoms with Gasteiger partial charge in [0.2, 0.25) is 0 Å². The maximum atomic E-state index is 12.1. The first kappa shape index (κ1) is 15.0. The molecular weight excluding hydrogens is 250 g/mol. The molecule has 1 aromatic carbocycles. The van der Waals surface area contributed by atoms with Gasteiger partial charge in [-0.05, 0) is 19.1 Å². The molecule has 104 valence electrons. The van der Waals surface area contributed by atoms with Crippen molar-refractivity contribution in [2.45, 2.75) is 19.4 Å². The number of carboxylic acid groups (broad SMARTS) is 1. The summed E-state index contributed by atoms with van der Waals surface area (Å²) in [6, 6.07) is 2.05. The lowest BCUT2D eigenvalue weighted by Gasteiger charge is -2.15. The number of Topliss-reactive ketones (excluding diaryl/α,β-unsaturated/α-hetero) is 1. The van der Waals surface area contributed by atoms with Crippen LogP contribution in [-0.2, 0) is 4.79 Å². The standard InChI is InChI=1S/C13H17NO5/c1-7-10(18-2)5-4-8(13(7)19-3)12(17)9(14)6-11(15)16/h4-5,9H,6,14H2,1-3H3,(H,15,16). The molecule has 1 atom stereocenters. The van der Waals surface area contributed by atoms with Gasteiger partial charge in [-0.15, -0.1) is 0 Å². The first-order valence-electron chi connectivity index (χ1n) is 5.65. The Morgan fingerprint density at radius 1 is 1.32 bits per heavy atom. The Labute approximate surface area is 111 Å². The number of methoxy groups -OCH3 is 2. The predicted octanol–water partition coefficient (Wildman–Crippen LogP) is 0.997. The molecule has 0 heterocycles. The molecule has 0 aliphatic rings. The number of aliphatic carboxylic acids is 1. The number of hydrogen-bond donors (Lipinski definition) is 2. The lowest BCUT2D eigenvalue weighted by Crippen LogP contribution is -2.33. The molecule has 19 heavy (non-hydrogen) atoms.